The standard InChI is InChI=1S/C21H29N5O2/c1-15-13-16(2)20(24-14-15)26(12-4-3-10-23-21(27)25-28)18-9-5-7-17-8-6-11-22-19(17)18/h6,8,11,13-14,18,28H,3-5,7,9-10,12H2,1-2H3,(H2,23,25,27). The predicted molar refractivity (Wildman–Crippen MR) is 109 cm³/mol. The molecule has 1 atom stereocenters. The molecule has 0 aliphatic heterocycles. The maximum Gasteiger partial charge on any atom is 0.338 e. The van der Waals surface area contributed by atoms with Crippen LogP contribution in [0, 0.1) is 13.8 Å². The average Bonchev–Trinajstić information content (AvgIpc) is 2.71. The minimum atomic E-state index is -0.571. The van der Waals surface area contributed by atoms with E-state index in [1.165, 1.54) is 11.1 Å². The molecule has 0 spiro atoms. The average molecular weight is 383 g/mol. The van der Waals surface area contributed by atoms with Crippen molar-refractivity contribution in [2.24, 2.45) is 0 Å². The molecule has 1 unspecified atom stereocenters. The Balaban J connectivity index is 1.79. The summed E-state index contributed by atoms with van der Waals surface area (Å²) in [6.45, 7) is 5.52. The Hall–Kier alpha value is -2.67. The van der Waals surface area contributed by atoms with Crippen LogP contribution in [-0.2, 0) is 6.42 Å². The monoisotopic (exact) mass is 383 g/mol. The number of unbranched alkanes of at least 4 members (excludes halogenated alkanes) is 1. The van der Waals surface area contributed by atoms with E-state index in [9.17, 15) is 4.79 Å². The van der Waals surface area contributed by atoms with Gasteiger partial charge in [0.2, 0.25) is 0 Å². The molecule has 0 saturated heterocycles. The third-order valence-electron chi connectivity index (χ3n) is 5.21. The minimum absolute atomic E-state index is 0.215. The Bertz CT molecular complexity index is 811. The highest BCUT2D eigenvalue weighted by Gasteiger charge is 2.28. The number of rotatable bonds is 7. The molecule has 0 radical (unpaired) electrons. The van der Waals surface area contributed by atoms with Gasteiger partial charge in [-0.05, 0) is 68.7 Å². The lowest BCUT2D eigenvalue weighted by Gasteiger charge is -2.36. The van der Waals surface area contributed by atoms with Crippen LogP contribution < -0.4 is 15.7 Å². The van der Waals surface area contributed by atoms with Gasteiger partial charge in [0.1, 0.15) is 5.82 Å². The Kier molecular flexibility index (Phi) is 6.81. The number of carbonyl (C=O) groups excluding carboxylic acids is 1. The molecule has 3 N–H and O–H groups in total. The maximum absolute atomic E-state index is 11.1. The van der Waals surface area contributed by atoms with Crippen molar-refractivity contribution in [1.29, 1.82) is 0 Å². The number of anilines is 1. The highest BCUT2D eigenvalue weighted by Crippen LogP contribution is 2.36. The Morgan fingerprint density at radius 3 is 2.96 bits per heavy atom. The number of pyridine rings is 2. The van der Waals surface area contributed by atoms with Crippen LogP contribution in [-0.4, -0.2) is 34.3 Å². The lowest BCUT2D eigenvalue weighted by Crippen LogP contribution is -2.36. The molecule has 2 amide bonds. The van der Waals surface area contributed by atoms with E-state index in [2.05, 4.69) is 36.2 Å². The highest BCUT2D eigenvalue weighted by molar-refractivity contribution is 5.72. The van der Waals surface area contributed by atoms with Crippen LogP contribution in [0.3, 0.4) is 0 Å². The van der Waals surface area contributed by atoms with E-state index in [0.717, 1.165) is 55.7 Å². The minimum Gasteiger partial charge on any atom is -0.348 e. The molecule has 0 saturated carbocycles. The van der Waals surface area contributed by atoms with Crippen LogP contribution >= 0.6 is 0 Å². The van der Waals surface area contributed by atoms with E-state index in [4.69, 9.17) is 15.2 Å². The summed E-state index contributed by atoms with van der Waals surface area (Å²) in [6, 6.07) is 6.01. The zero-order valence-corrected chi connectivity index (χ0v) is 16.6. The fourth-order valence-corrected chi connectivity index (χ4v) is 3.96. The SMILES string of the molecule is Cc1cnc(N(CCCCNC(=O)NO)C2CCCc3cccnc32)c(C)c1. The Morgan fingerprint density at radius 2 is 2.18 bits per heavy atom. The topological polar surface area (TPSA) is 90.4 Å². The van der Waals surface area contributed by atoms with E-state index in [1.54, 1.807) is 5.48 Å². The van der Waals surface area contributed by atoms with Crippen LogP contribution in [0.25, 0.3) is 0 Å². The molecule has 1 aliphatic carbocycles. The van der Waals surface area contributed by atoms with Gasteiger partial charge in [-0.25, -0.2) is 15.3 Å². The van der Waals surface area contributed by atoms with Gasteiger partial charge in [-0.3, -0.25) is 10.2 Å². The van der Waals surface area contributed by atoms with Gasteiger partial charge < -0.3 is 10.2 Å². The zero-order valence-electron chi connectivity index (χ0n) is 16.6. The summed E-state index contributed by atoms with van der Waals surface area (Å²) in [7, 11) is 0. The smallest absolute Gasteiger partial charge is 0.338 e. The van der Waals surface area contributed by atoms with Crippen molar-refractivity contribution in [3.8, 4) is 0 Å². The van der Waals surface area contributed by atoms with Crippen molar-refractivity contribution < 1.29 is 10.0 Å². The van der Waals surface area contributed by atoms with Crippen molar-refractivity contribution >= 4 is 11.8 Å². The maximum atomic E-state index is 11.1. The summed E-state index contributed by atoms with van der Waals surface area (Å²) in [5.74, 6) is 1.01. The number of hydroxylamine groups is 1. The summed E-state index contributed by atoms with van der Waals surface area (Å²) in [5, 5.41) is 11.2. The number of carbonyl (C=O) groups is 1. The fourth-order valence-electron chi connectivity index (χ4n) is 3.96. The number of hydrogen-bond donors (Lipinski definition) is 3. The molecule has 0 bridgehead atoms. The van der Waals surface area contributed by atoms with Gasteiger partial charge in [0.25, 0.3) is 0 Å². The van der Waals surface area contributed by atoms with E-state index >= 15 is 0 Å². The number of amides is 2. The van der Waals surface area contributed by atoms with Gasteiger partial charge >= 0.3 is 6.03 Å². The van der Waals surface area contributed by atoms with Crippen LogP contribution in [0.5, 0.6) is 0 Å². The largest absolute Gasteiger partial charge is 0.348 e. The number of aromatic nitrogens is 2. The van der Waals surface area contributed by atoms with Crippen LogP contribution in [0.4, 0.5) is 10.6 Å². The van der Waals surface area contributed by atoms with Gasteiger partial charge in [-0.2, -0.15) is 0 Å². The summed E-state index contributed by atoms with van der Waals surface area (Å²) in [6.07, 6.45) is 8.80. The first-order valence-corrected chi connectivity index (χ1v) is 9.91. The van der Waals surface area contributed by atoms with Crippen molar-refractivity contribution in [2.75, 3.05) is 18.0 Å². The molecule has 0 aromatic carbocycles. The second kappa shape index (κ2) is 9.50. The zero-order chi connectivity index (χ0) is 19.9. The third-order valence-corrected chi connectivity index (χ3v) is 5.21. The van der Waals surface area contributed by atoms with E-state index in [0.29, 0.717) is 6.54 Å². The van der Waals surface area contributed by atoms with Crippen molar-refractivity contribution in [3.63, 3.8) is 0 Å². The lowest BCUT2D eigenvalue weighted by atomic mass is 9.90. The normalized spacial score (nSPS) is 15.6. The molecule has 7 heteroatoms. The third kappa shape index (κ3) is 4.78. The van der Waals surface area contributed by atoms with E-state index in [-0.39, 0.29) is 6.04 Å². The number of nitrogens with one attached hydrogen (secondary N) is 2. The summed E-state index contributed by atoms with van der Waals surface area (Å²) >= 11 is 0. The molecule has 2 aromatic heterocycles. The first kappa shape index (κ1) is 20.1. The van der Waals surface area contributed by atoms with Gasteiger partial charge in [0.15, 0.2) is 0 Å². The summed E-state index contributed by atoms with van der Waals surface area (Å²) in [5.41, 5.74) is 6.40. The van der Waals surface area contributed by atoms with Crippen molar-refractivity contribution in [1.82, 2.24) is 20.8 Å². The van der Waals surface area contributed by atoms with E-state index < -0.39 is 6.03 Å². The lowest BCUT2D eigenvalue weighted by molar-refractivity contribution is 0.161. The Morgan fingerprint density at radius 1 is 1.32 bits per heavy atom. The van der Waals surface area contributed by atoms with Gasteiger partial charge in [0, 0.05) is 25.5 Å². The van der Waals surface area contributed by atoms with Gasteiger partial charge in [-0.15, -0.1) is 0 Å². The molecule has 7 nitrogen and oxygen atoms in total. The molecule has 3 rings (SSSR count). The van der Waals surface area contributed by atoms with Gasteiger partial charge in [0.05, 0.1) is 11.7 Å². The number of fused-ring (bicyclic) bond motifs is 1. The number of aryl methyl sites for hydroxylation is 3. The second-order valence-electron chi connectivity index (χ2n) is 7.38. The summed E-state index contributed by atoms with van der Waals surface area (Å²) < 4.78 is 0. The molecular formula is C21H29N5O2. The molecule has 2 heterocycles. The predicted octanol–water partition coefficient (Wildman–Crippen LogP) is 3.45. The van der Waals surface area contributed by atoms with Gasteiger partial charge in [-0.1, -0.05) is 12.1 Å². The number of nitrogens with zero attached hydrogens (tertiary/aromatic N) is 3. The first-order valence-electron chi connectivity index (χ1n) is 9.91. The van der Waals surface area contributed by atoms with Crippen molar-refractivity contribution in [3.05, 3.63) is 53.0 Å². The molecule has 2 aromatic rings. The fraction of sp³-hybridized carbons (Fsp3) is 0.476. The quantitative estimate of drug-likeness (QED) is 0.387. The summed E-state index contributed by atoms with van der Waals surface area (Å²) in [4.78, 5) is 22.9. The number of hydrogen-bond acceptors (Lipinski definition) is 5. The first-order chi connectivity index (χ1) is 13.6. The highest BCUT2D eigenvalue weighted by atomic mass is 16.5. The van der Waals surface area contributed by atoms with E-state index in [1.807, 2.05) is 18.5 Å². The van der Waals surface area contributed by atoms with Crippen LogP contribution in [0.15, 0.2) is 30.6 Å². The molecule has 1 aliphatic rings. The van der Waals surface area contributed by atoms with Crippen molar-refractivity contribution in [2.45, 2.75) is 52.0 Å². The molecule has 28 heavy (non-hydrogen) atoms. The molecular weight excluding hydrogens is 354 g/mol. The molecule has 0 fully saturated rings. The van der Waals surface area contributed by atoms with Crippen LogP contribution in [0.2, 0.25) is 0 Å². The second-order valence-corrected chi connectivity index (χ2v) is 7.38. The molecule has 150 valence electrons. The number of urea groups is 1. The van der Waals surface area contributed by atoms with Crippen LogP contribution in [0.1, 0.15) is 54.1 Å². The Labute approximate surface area is 166 Å².